The maximum atomic E-state index is 12.9. The molecule has 2 aromatic rings. The molecule has 6 heteroatoms. The highest BCUT2D eigenvalue weighted by molar-refractivity contribution is 6.32. The third-order valence-corrected chi connectivity index (χ3v) is 5.61. The minimum Gasteiger partial charge on any atom is -0.489 e. The van der Waals surface area contributed by atoms with Crippen molar-refractivity contribution < 1.29 is 19.4 Å². The van der Waals surface area contributed by atoms with E-state index in [1.807, 2.05) is 48.2 Å². The van der Waals surface area contributed by atoms with E-state index in [1.54, 1.807) is 13.2 Å². The van der Waals surface area contributed by atoms with E-state index in [1.165, 1.54) is 0 Å². The van der Waals surface area contributed by atoms with Crippen molar-refractivity contribution in [1.29, 1.82) is 0 Å². The Hall–Kier alpha value is -2.08. The van der Waals surface area contributed by atoms with Gasteiger partial charge in [0.25, 0.3) is 5.91 Å². The number of rotatable bonds is 6. The number of benzene rings is 2. The lowest BCUT2D eigenvalue weighted by atomic mass is 9.96. The van der Waals surface area contributed by atoms with Crippen LogP contribution in [0.25, 0.3) is 0 Å². The van der Waals surface area contributed by atoms with Crippen molar-refractivity contribution in [3.63, 3.8) is 0 Å². The lowest BCUT2D eigenvalue weighted by Gasteiger charge is -2.27. The SMILES string of the molecule is COCc1ccc(C(=O)N2CCCC(O)(COc3cc(C)ccc3Cl)CC2)cc1. The molecule has 0 bridgehead atoms. The van der Waals surface area contributed by atoms with Crippen molar-refractivity contribution in [3.8, 4) is 5.75 Å². The zero-order valence-electron chi connectivity index (χ0n) is 17.0. The molecule has 1 saturated heterocycles. The number of hydrogen-bond acceptors (Lipinski definition) is 4. The summed E-state index contributed by atoms with van der Waals surface area (Å²) in [4.78, 5) is 14.7. The van der Waals surface area contributed by atoms with Gasteiger partial charge in [-0.1, -0.05) is 29.8 Å². The number of ether oxygens (including phenoxy) is 2. The van der Waals surface area contributed by atoms with E-state index < -0.39 is 5.60 Å². The van der Waals surface area contributed by atoms with Crippen molar-refractivity contribution in [3.05, 3.63) is 64.2 Å². The van der Waals surface area contributed by atoms with Crippen LogP contribution in [0.3, 0.4) is 0 Å². The Kier molecular flexibility index (Phi) is 7.17. The average molecular weight is 418 g/mol. The molecule has 1 aliphatic rings. The van der Waals surface area contributed by atoms with Crippen LogP contribution in [0, 0.1) is 6.92 Å². The van der Waals surface area contributed by atoms with Gasteiger partial charge in [-0.05, 0) is 61.6 Å². The van der Waals surface area contributed by atoms with Gasteiger partial charge >= 0.3 is 0 Å². The van der Waals surface area contributed by atoms with Gasteiger partial charge in [0.1, 0.15) is 18.0 Å². The summed E-state index contributed by atoms with van der Waals surface area (Å²) in [6.45, 7) is 3.75. The number of hydrogen-bond donors (Lipinski definition) is 1. The summed E-state index contributed by atoms with van der Waals surface area (Å²) in [6, 6.07) is 13.1. The first-order valence-corrected chi connectivity index (χ1v) is 10.3. The Morgan fingerprint density at radius 3 is 2.66 bits per heavy atom. The number of methoxy groups -OCH3 is 1. The first kappa shape index (κ1) is 21.6. The molecule has 0 radical (unpaired) electrons. The van der Waals surface area contributed by atoms with Crippen LogP contribution in [-0.4, -0.2) is 48.3 Å². The van der Waals surface area contributed by atoms with Gasteiger partial charge in [0.2, 0.25) is 0 Å². The van der Waals surface area contributed by atoms with Gasteiger partial charge in [0.15, 0.2) is 0 Å². The molecule has 0 spiro atoms. The van der Waals surface area contributed by atoms with Gasteiger partial charge in [-0.25, -0.2) is 0 Å². The quantitative estimate of drug-likeness (QED) is 0.764. The van der Waals surface area contributed by atoms with Gasteiger partial charge in [-0.15, -0.1) is 0 Å². The van der Waals surface area contributed by atoms with E-state index >= 15 is 0 Å². The molecule has 1 atom stereocenters. The van der Waals surface area contributed by atoms with Crippen molar-refractivity contribution >= 4 is 17.5 Å². The molecule has 1 N–H and O–H groups in total. The van der Waals surface area contributed by atoms with Crippen LogP contribution in [0.4, 0.5) is 0 Å². The molecular formula is C23H28ClNO4. The summed E-state index contributed by atoms with van der Waals surface area (Å²) in [5, 5.41) is 11.5. The van der Waals surface area contributed by atoms with Crippen LogP contribution in [0.15, 0.2) is 42.5 Å². The number of aliphatic hydroxyl groups is 1. The number of halogens is 1. The number of carbonyl (C=O) groups excluding carboxylic acids is 1. The molecule has 1 fully saturated rings. The smallest absolute Gasteiger partial charge is 0.253 e. The van der Waals surface area contributed by atoms with E-state index in [9.17, 15) is 9.90 Å². The van der Waals surface area contributed by atoms with Gasteiger partial charge in [-0.2, -0.15) is 0 Å². The second-order valence-electron chi connectivity index (χ2n) is 7.72. The highest BCUT2D eigenvalue weighted by Gasteiger charge is 2.32. The van der Waals surface area contributed by atoms with E-state index in [0.29, 0.717) is 48.9 Å². The zero-order valence-corrected chi connectivity index (χ0v) is 17.7. The predicted octanol–water partition coefficient (Wildman–Crippen LogP) is 4.23. The van der Waals surface area contributed by atoms with Crippen LogP contribution in [0.5, 0.6) is 5.75 Å². The summed E-state index contributed by atoms with van der Waals surface area (Å²) < 4.78 is 10.9. The molecule has 156 valence electrons. The second-order valence-corrected chi connectivity index (χ2v) is 8.13. The summed E-state index contributed by atoms with van der Waals surface area (Å²) in [7, 11) is 1.65. The van der Waals surface area contributed by atoms with Crippen molar-refractivity contribution in [2.75, 3.05) is 26.8 Å². The molecule has 1 amide bonds. The standard InChI is InChI=1S/C23H28ClNO4/c1-17-4-9-20(24)21(14-17)29-16-23(27)10-3-12-25(13-11-23)22(26)19-7-5-18(6-8-19)15-28-2/h4-9,14,27H,3,10-13,15-16H2,1-2H3. The topological polar surface area (TPSA) is 59.0 Å². The third-order valence-electron chi connectivity index (χ3n) is 5.30. The average Bonchev–Trinajstić information content (AvgIpc) is 2.91. The van der Waals surface area contributed by atoms with E-state index in [-0.39, 0.29) is 12.5 Å². The largest absolute Gasteiger partial charge is 0.489 e. The van der Waals surface area contributed by atoms with Crippen molar-refractivity contribution in [2.45, 2.75) is 38.4 Å². The summed E-state index contributed by atoms with van der Waals surface area (Å²) >= 11 is 6.19. The maximum absolute atomic E-state index is 12.9. The molecular weight excluding hydrogens is 390 g/mol. The molecule has 1 heterocycles. The van der Waals surface area contributed by atoms with E-state index in [0.717, 1.165) is 17.5 Å². The number of amides is 1. The Morgan fingerprint density at radius 1 is 1.17 bits per heavy atom. The van der Waals surface area contributed by atoms with Gasteiger partial charge in [0.05, 0.1) is 11.6 Å². The number of nitrogens with zero attached hydrogens (tertiary/aromatic N) is 1. The fraction of sp³-hybridized carbons (Fsp3) is 0.435. The first-order valence-electron chi connectivity index (χ1n) is 9.89. The number of aryl methyl sites for hydroxylation is 1. The van der Waals surface area contributed by atoms with Gasteiger partial charge in [-0.3, -0.25) is 4.79 Å². The molecule has 3 rings (SSSR count). The Bertz CT molecular complexity index is 839. The zero-order chi connectivity index (χ0) is 20.9. The first-order chi connectivity index (χ1) is 13.9. The number of likely N-dealkylation sites (tertiary alicyclic amines) is 1. The highest BCUT2D eigenvalue weighted by Crippen LogP contribution is 2.29. The van der Waals surface area contributed by atoms with Crippen LogP contribution in [-0.2, 0) is 11.3 Å². The molecule has 1 aliphatic heterocycles. The van der Waals surface area contributed by atoms with Crippen LogP contribution < -0.4 is 4.74 Å². The summed E-state index contributed by atoms with van der Waals surface area (Å²) in [6.07, 6.45) is 1.76. The molecule has 0 aliphatic carbocycles. The van der Waals surface area contributed by atoms with E-state index in [2.05, 4.69) is 0 Å². The minimum atomic E-state index is -0.982. The second kappa shape index (κ2) is 9.61. The molecule has 5 nitrogen and oxygen atoms in total. The third kappa shape index (κ3) is 5.72. The summed E-state index contributed by atoms with van der Waals surface area (Å²) in [5.41, 5.74) is 1.75. The molecule has 0 saturated carbocycles. The summed E-state index contributed by atoms with van der Waals surface area (Å²) in [5.74, 6) is 0.564. The van der Waals surface area contributed by atoms with Crippen LogP contribution in [0.2, 0.25) is 5.02 Å². The Labute approximate surface area is 177 Å². The lowest BCUT2D eigenvalue weighted by molar-refractivity contribution is -0.0163. The normalized spacial score (nSPS) is 19.7. The van der Waals surface area contributed by atoms with Crippen molar-refractivity contribution in [1.82, 2.24) is 4.90 Å². The predicted molar refractivity (Wildman–Crippen MR) is 114 cm³/mol. The maximum Gasteiger partial charge on any atom is 0.253 e. The van der Waals surface area contributed by atoms with E-state index in [4.69, 9.17) is 21.1 Å². The van der Waals surface area contributed by atoms with Crippen LogP contribution >= 0.6 is 11.6 Å². The highest BCUT2D eigenvalue weighted by atomic mass is 35.5. The monoisotopic (exact) mass is 417 g/mol. The molecule has 29 heavy (non-hydrogen) atoms. The Morgan fingerprint density at radius 2 is 1.93 bits per heavy atom. The van der Waals surface area contributed by atoms with Gasteiger partial charge < -0.3 is 19.5 Å². The minimum absolute atomic E-state index is 0.0131. The molecule has 2 aromatic carbocycles. The fourth-order valence-electron chi connectivity index (χ4n) is 3.55. The molecule has 1 unspecified atom stereocenters. The number of carbonyl (C=O) groups is 1. The van der Waals surface area contributed by atoms with Crippen LogP contribution in [0.1, 0.15) is 40.7 Å². The van der Waals surface area contributed by atoms with Gasteiger partial charge in [0, 0.05) is 25.8 Å². The fourth-order valence-corrected chi connectivity index (χ4v) is 3.72. The Balaban J connectivity index is 1.60. The lowest BCUT2D eigenvalue weighted by Crippen LogP contribution is -2.38. The van der Waals surface area contributed by atoms with Crippen molar-refractivity contribution in [2.24, 2.45) is 0 Å². The molecule has 0 aromatic heterocycles.